The molecule has 0 fully saturated rings. The zero-order valence-electron chi connectivity index (χ0n) is 11.9. The van der Waals surface area contributed by atoms with E-state index in [1.54, 1.807) is 0 Å². The molecule has 1 aromatic rings. The van der Waals surface area contributed by atoms with Gasteiger partial charge >= 0.3 is 5.69 Å². The minimum absolute atomic E-state index is 0.161. The second kappa shape index (κ2) is 5.76. The van der Waals surface area contributed by atoms with Crippen LogP contribution in [0.1, 0.15) is 20.8 Å². The molecule has 0 saturated carbocycles. The van der Waals surface area contributed by atoms with Gasteiger partial charge in [-0.1, -0.05) is 26.8 Å². The molecule has 0 heterocycles. The maximum absolute atomic E-state index is 12.2. The number of nitro groups is 1. The third-order valence-electron chi connectivity index (χ3n) is 2.53. The second-order valence-electron chi connectivity index (χ2n) is 5.54. The van der Waals surface area contributed by atoms with Crippen molar-refractivity contribution in [3.05, 3.63) is 28.3 Å². The molecule has 0 aliphatic heterocycles. The molecule has 8 heteroatoms. The number of benzene rings is 1. The lowest BCUT2D eigenvalue weighted by atomic mass is 9.98. The lowest BCUT2D eigenvalue weighted by Gasteiger charge is -2.19. The molecule has 0 aromatic heterocycles. The van der Waals surface area contributed by atoms with E-state index >= 15 is 0 Å². The summed E-state index contributed by atoms with van der Waals surface area (Å²) in [6.07, 6.45) is 0. The fraction of sp³-hybridized carbons (Fsp3) is 0.500. The molecule has 0 unspecified atom stereocenters. The van der Waals surface area contributed by atoms with E-state index in [-0.39, 0.29) is 22.5 Å². The second-order valence-corrected chi connectivity index (χ2v) is 7.28. The van der Waals surface area contributed by atoms with Crippen LogP contribution in [-0.2, 0) is 10.0 Å². The molecule has 0 amide bonds. The predicted octanol–water partition coefficient (Wildman–Crippen LogP) is 1.96. The van der Waals surface area contributed by atoms with Gasteiger partial charge in [-0.15, -0.1) is 0 Å². The molecule has 0 atom stereocenters. The number of rotatable bonds is 5. The molecular weight excluding hydrogens is 282 g/mol. The molecule has 0 aliphatic rings. The Morgan fingerprint density at radius 1 is 1.30 bits per heavy atom. The van der Waals surface area contributed by atoms with Gasteiger partial charge in [0.1, 0.15) is 5.69 Å². The Kier molecular flexibility index (Phi) is 4.72. The van der Waals surface area contributed by atoms with Crippen LogP contribution in [0.25, 0.3) is 0 Å². The van der Waals surface area contributed by atoms with Gasteiger partial charge in [-0.2, -0.15) is 0 Å². The molecule has 0 saturated heterocycles. The fourth-order valence-corrected chi connectivity index (χ4v) is 2.99. The Bertz CT molecular complexity index is 606. The van der Waals surface area contributed by atoms with Crippen molar-refractivity contribution in [3.63, 3.8) is 0 Å². The number of sulfonamides is 1. The van der Waals surface area contributed by atoms with Crippen LogP contribution in [0.5, 0.6) is 0 Å². The molecular formula is C12H19N3O4S. The maximum Gasteiger partial charge on any atom is 0.312 e. The largest absolute Gasteiger partial charge is 0.383 e. The number of anilines is 1. The molecule has 7 nitrogen and oxygen atoms in total. The molecule has 2 N–H and O–H groups in total. The highest BCUT2D eigenvalue weighted by Gasteiger charge is 2.29. The maximum atomic E-state index is 12.2. The Morgan fingerprint density at radius 3 is 2.35 bits per heavy atom. The van der Waals surface area contributed by atoms with Crippen LogP contribution in [-0.4, -0.2) is 26.9 Å². The highest BCUT2D eigenvalue weighted by molar-refractivity contribution is 7.89. The average molecular weight is 301 g/mol. The van der Waals surface area contributed by atoms with Gasteiger partial charge < -0.3 is 5.32 Å². The van der Waals surface area contributed by atoms with Crippen molar-refractivity contribution in [2.75, 3.05) is 18.9 Å². The van der Waals surface area contributed by atoms with Crippen molar-refractivity contribution >= 4 is 21.4 Å². The van der Waals surface area contributed by atoms with E-state index in [4.69, 9.17) is 0 Å². The van der Waals surface area contributed by atoms with E-state index in [0.29, 0.717) is 0 Å². The normalized spacial score (nSPS) is 12.2. The minimum Gasteiger partial charge on any atom is -0.383 e. The van der Waals surface area contributed by atoms with Crippen LogP contribution in [0.2, 0.25) is 0 Å². The SMILES string of the molecule is CNc1cccc(S(=O)(=O)NCC(C)(C)C)c1[N+](=O)[O-]. The van der Waals surface area contributed by atoms with Crippen molar-refractivity contribution in [1.82, 2.24) is 4.72 Å². The Morgan fingerprint density at radius 2 is 1.90 bits per heavy atom. The van der Waals surface area contributed by atoms with Crippen LogP contribution in [0, 0.1) is 15.5 Å². The molecule has 112 valence electrons. The molecule has 1 aromatic carbocycles. The monoisotopic (exact) mass is 301 g/mol. The van der Waals surface area contributed by atoms with Crippen molar-refractivity contribution < 1.29 is 13.3 Å². The summed E-state index contributed by atoms with van der Waals surface area (Å²) in [5.74, 6) is 0. The van der Waals surface area contributed by atoms with Crippen LogP contribution >= 0.6 is 0 Å². The van der Waals surface area contributed by atoms with Crippen molar-refractivity contribution in [1.29, 1.82) is 0 Å². The number of nitro benzene ring substituents is 1. The third kappa shape index (κ3) is 3.91. The number of nitrogens with one attached hydrogen (secondary N) is 2. The van der Waals surface area contributed by atoms with Gasteiger partial charge in [-0.05, 0) is 17.5 Å². The first-order valence-corrected chi connectivity index (χ1v) is 7.51. The Labute approximate surface area is 118 Å². The zero-order valence-corrected chi connectivity index (χ0v) is 12.7. The summed E-state index contributed by atoms with van der Waals surface area (Å²) in [5, 5.41) is 13.8. The summed E-state index contributed by atoms with van der Waals surface area (Å²) in [7, 11) is -2.43. The summed E-state index contributed by atoms with van der Waals surface area (Å²) >= 11 is 0. The van der Waals surface area contributed by atoms with Gasteiger partial charge in [0.25, 0.3) is 0 Å². The fourth-order valence-electron chi connectivity index (χ4n) is 1.52. The standard InChI is InChI=1S/C12H19N3O4S/c1-12(2,3)8-14-20(18,19)10-7-5-6-9(13-4)11(10)15(16)17/h5-7,13-14H,8H2,1-4H3. The quantitative estimate of drug-likeness (QED) is 0.639. The van der Waals surface area contributed by atoms with Crippen molar-refractivity contribution in [2.45, 2.75) is 25.7 Å². The molecule has 0 aliphatic carbocycles. The van der Waals surface area contributed by atoms with Gasteiger partial charge in [0.05, 0.1) is 4.92 Å². The van der Waals surface area contributed by atoms with Gasteiger partial charge in [0, 0.05) is 13.6 Å². The molecule has 0 bridgehead atoms. The van der Waals surface area contributed by atoms with Gasteiger partial charge in [-0.25, -0.2) is 13.1 Å². The van der Waals surface area contributed by atoms with E-state index in [1.165, 1.54) is 25.2 Å². The number of hydrogen-bond donors (Lipinski definition) is 2. The zero-order chi connectivity index (χ0) is 15.6. The van der Waals surface area contributed by atoms with Crippen LogP contribution in [0.3, 0.4) is 0 Å². The molecule has 20 heavy (non-hydrogen) atoms. The van der Waals surface area contributed by atoms with E-state index < -0.39 is 20.6 Å². The first-order chi connectivity index (χ1) is 9.08. The van der Waals surface area contributed by atoms with Crippen LogP contribution < -0.4 is 10.0 Å². The average Bonchev–Trinajstić information content (AvgIpc) is 2.34. The first kappa shape index (κ1) is 16.4. The highest BCUT2D eigenvalue weighted by atomic mass is 32.2. The van der Waals surface area contributed by atoms with E-state index in [2.05, 4.69) is 10.0 Å². The summed E-state index contributed by atoms with van der Waals surface area (Å²) in [4.78, 5) is 10.1. The molecule has 0 spiro atoms. The van der Waals surface area contributed by atoms with E-state index in [9.17, 15) is 18.5 Å². The number of nitrogens with zero attached hydrogens (tertiary/aromatic N) is 1. The molecule has 0 radical (unpaired) electrons. The summed E-state index contributed by atoms with van der Waals surface area (Å²) in [6.45, 7) is 5.80. The third-order valence-corrected chi connectivity index (χ3v) is 3.97. The van der Waals surface area contributed by atoms with Gasteiger partial charge in [-0.3, -0.25) is 10.1 Å². The van der Waals surface area contributed by atoms with Gasteiger partial charge in [0.15, 0.2) is 4.90 Å². The molecule has 1 rings (SSSR count). The Hall–Kier alpha value is -1.67. The van der Waals surface area contributed by atoms with Crippen LogP contribution in [0.15, 0.2) is 23.1 Å². The Balaban J connectivity index is 3.28. The van der Waals surface area contributed by atoms with Crippen LogP contribution in [0.4, 0.5) is 11.4 Å². The summed E-state index contributed by atoms with van der Waals surface area (Å²) in [6, 6.07) is 4.15. The number of para-hydroxylation sites is 1. The lowest BCUT2D eigenvalue weighted by Crippen LogP contribution is -2.32. The van der Waals surface area contributed by atoms with E-state index in [1.807, 2.05) is 20.8 Å². The predicted molar refractivity (Wildman–Crippen MR) is 77.3 cm³/mol. The topological polar surface area (TPSA) is 101 Å². The minimum atomic E-state index is -3.93. The first-order valence-electron chi connectivity index (χ1n) is 6.03. The van der Waals surface area contributed by atoms with E-state index in [0.717, 1.165) is 0 Å². The van der Waals surface area contributed by atoms with Gasteiger partial charge in [0.2, 0.25) is 10.0 Å². The van der Waals surface area contributed by atoms with Crippen molar-refractivity contribution in [2.24, 2.45) is 5.41 Å². The highest BCUT2D eigenvalue weighted by Crippen LogP contribution is 2.31. The van der Waals surface area contributed by atoms with Crippen molar-refractivity contribution in [3.8, 4) is 0 Å². The lowest BCUT2D eigenvalue weighted by molar-refractivity contribution is -0.386. The smallest absolute Gasteiger partial charge is 0.312 e. The summed E-state index contributed by atoms with van der Waals surface area (Å²) < 4.78 is 26.9. The number of hydrogen-bond acceptors (Lipinski definition) is 5. The summed E-state index contributed by atoms with van der Waals surface area (Å²) in [5.41, 5.74) is -0.548.